The second-order valence-electron chi connectivity index (χ2n) is 5.41. The maximum atomic E-state index is 11.8. The molecular formula is C16H23N3O3. The van der Waals surface area contributed by atoms with Gasteiger partial charge in [-0.3, -0.25) is 4.79 Å². The van der Waals surface area contributed by atoms with Crippen molar-refractivity contribution in [1.82, 2.24) is 16.0 Å². The molecule has 120 valence electrons. The van der Waals surface area contributed by atoms with E-state index >= 15 is 0 Å². The summed E-state index contributed by atoms with van der Waals surface area (Å²) in [4.78, 5) is 23.5. The molecule has 6 heteroatoms. The highest BCUT2D eigenvalue weighted by Crippen LogP contribution is 2.09. The number of allylic oxidation sites excluding steroid dienone is 1. The van der Waals surface area contributed by atoms with Crippen LogP contribution in [0.15, 0.2) is 28.9 Å². The predicted molar refractivity (Wildman–Crippen MR) is 83.7 cm³/mol. The zero-order valence-corrected chi connectivity index (χ0v) is 12.9. The van der Waals surface area contributed by atoms with Crippen LogP contribution >= 0.6 is 0 Å². The molecule has 0 fully saturated rings. The summed E-state index contributed by atoms with van der Waals surface area (Å²) in [6, 6.07) is 1.72. The van der Waals surface area contributed by atoms with E-state index in [1.54, 1.807) is 6.07 Å². The number of urea groups is 1. The van der Waals surface area contributed by atoms with Crippen LogP contribution in [0.1, 0.15) is 41.8 Å². The zero-order valence-electron chi connectivity index (χ0n) is 12.9. The summed E-state index contributed by atoms with van der Waals surface area (Å²) in [5.41, 5.74) is 0.815. The summed E-state index contributed by atoms with van der Waals surface area (Å²) < 4.78 is 5.11. The van der Waals surface area contributed by atoms with E-state index in [0.717, 1.165) is 24.8 Å². The third kappa shape index (κ3) is 4.95. The molecule has 2 rings (SSSR count). The molecule has 1 heterocycles. The topological polar surface area (TPSA) is 83.4 Å². The standard InChI is InChI=1S/C16H23N3O3/c1-12-8-11-22-14(12)15(20)17-9-5-10-18-16(21)19-13-6-3-2-4-7-13/h3,6,8,11,13H,2,4-5,7,9-10H2,1H3,(H,17,20)(H2,18,19,21). The largest absolute Gasteiger partial charge is 0.459 e. The van der Waals surface area contributed by atoms with Gasteiger partial charge in [0, 0.05) is 24.7 Å². The summed E-state index contributed by atoms with van der Waals surface area (Å²) in [6.45, 7) is 2.83. The molecule has 1 unspecified atom stereocenters. The first kappa shape index (κ1) is 16.1. The second-order valence-corrected chi connectivity index (χ2v) is 5.41. The number of carbonyl (C=O) groups excluding carboxylic acids is 2. The van der Waals surface area contributed by atoms with E-state index in [2.05, 4.69) is 22.0 Å². The second kappa shape index (κ2) is 8.26. The minimum absolute atomic E-state index is 0.135. The summed E-state index contributed by atoms with van der Waals surface area (Å²) in [6.07, 6.45) is 9.49. The van der Waals surface area contributed by atoms with Crippen LogP contribution in [0.25, 0.3) is 0 Å². The minimum atomic E-state index is -0.223. The lowest BCUT2D eigenvalue weighted by Gasteiger charge is -2.18. The van der Waals surface area contributed by atoms with Gasteiger partial charge in [-0.15, -0.1) is 0 Å². The molecule has 22 heavy (non-hydrogen) atoms. The predicted octanol–water partition coefficient (Wildman–Crippen LogP) is 2.12. The van der Waals surface area contributed by atoms with Crippen molar-refractivity contribution in [3.05, 3.63) is 35.8 Å². The maximum absolute atomic E-state index is 11.8. The molecule has 0 aliphatic heterocycles. The number of nitrogens with one attached hydrogen (secondary N) is 3. The molecule has 1 aliphatic carbocycles. The van der Waals surface area contributed by atoms with Crippen molar-refractivity contribution >= 4 is 11.9 Å². The fraction of sp³-hybridized carbons (Fsp3) is 0.500. The first-order valence-corrected chi connectivity index (χ1v) is 7.70. The van der Waals surface area contributed by atoms with E-state index in [1.165, 1.54) is 6.26 Å². The fourth-order valence-corrected chi connectivity index (χ4v) is 2.33. The molecule has 1 aliphatic rings. The number of hydrogen-bond donors (Lipinski definition) is 3. The first-order chi connectivity index (χ1) is 10.7. The summed E-state index contributed by atoms with van der Waals surface area (Å²) in [7, 11) is 0. The van der Waals surface area contributed by atoms with Crippen LogP contribution in [-0.4, -0.2) is 31.1 Å². The molecule has 0 radical (unpaired) electrons. The molecule has 1 atom stereocenters. The van der Waals surface area contributed by atoms with Crippen molar-refractivity contribution in [3.63, 3.8) is 0 Å². The van der Waals surface area contributed by atoms with Gasteiger partial charge in [0.2, 0.25) is 0 Å². The Morgan fingerprint density at radius 3 is 2.82 bits per heavy atom. The highest BCUT2D eigenvalue weighted by atomic mass is 16.3. The highest BCUT2D eigenvalue weighted by Gasteiger charge is 2.12. The first-order valence-electron chi connectivity index (χ1n) is 7.70. The van der Waals surface area contributed by atoms with Gasteiger partial charge in [-0.2, -0.15) is 0 Å². The molecule has 0 saturated heterocycles. The number of hydrogen-bond acceptors (Lipinski definition) is 3. The van der Waals surface area contributed by atoms with Gasteiger partial charge in [-0.1, -0.05) is 12.2 Å². The molecule has 1 aromatic rings. The van der Waals surface area contributed by atoms with E-state index in [9.17, 15) is 9.59 Å². The third-order valence-electron chi connectivity index (χ3n) is 3.56. The van der Waals surface area contributed by atoms with Crippen LogP contribution in [0.5, 0.6) is 0 Å². The van der Waals surface area contributed by atoms with E-state index < -0.39 is 0 Å². The van der Waals surface area contributed by atoms with E-state index in [0.29, 0.717) is 25.3 Å². The summed E-state index contributed by atoms with van der Waals surface area (Å²) in [5, 5.41) is 8.47. The Bertz CT molecular complexity index is 536. The molecular weight excluding hydrogens is 282 g/mol. The van der Waals surface area contributed by atoms with Crippen LogP contribution in [0.4, 0.5) is 4.79 Å². The summed E-state index contributed by atoms with van der Waals surface area (Å²) in [5.74, 6) is 0.120. The molecule has 6 nitrogen and oxygen atoms in total. The number of furan rings is 1. The van der Waals surface area contributed by atoms with Gasteiger partial charge in [-0.05, 0) is 38.7 Å². The number of amides is 3. The lowest BCUT2D eigenvalue weighted by molar-refractivity contribution is 0.0925. The Morgan fingerprint density at radius 2 is 2.14 bits per heavy atom. The maximum Gasteiger partial charge on any atom is 0.315 e. The third-order valence-corrected chi connectivity index (χ3v) is 3.56. The molecule has 0 bridgehead atoms. The lowest BCUT2D eigenvalue weighted by Crippen LogP contribution is -2.42. The fourth-order valence-electron chi connectivity index (χ4n) is 2.33. The van der Waals surface area contributed by atoms with Crippen LogP contribution in [-0.2, 0) is 0 Å². The van der Waals surface area contributed by atoms with Gasteiger partial charge in [0.05, 0.1) is 6.26 Å². The van der Waals surface area contributed by atoms with Crippen molar-refractivity contribution in [2.75, 3.05) is 13.1 Å². The van der Waals surface area contributed by atoms with E-state index in [4.69, 9.17) is 4.42 Å². The smallest absolute Gasteiger partial charge is 0.315 e. The average molecular weight is 305 g/mol. The monoisotopic (exact) mass is 305 g/mol. The van der Waals surface area contributed by atoms with Gasteiger partial charge in [0.1, 0.15) is 0 Å². The molecule has 0 spiro atoms. The Hall–Kier alpha value is -2.24. The van der Waals surface area contributed by atoms with Crippen molar-refractivity contribution in [2.45, 2.75) is 38.6 Å². The molecule has 1 aromatic heterocycles. The lowest BCUT2D eigenvalue weighted by atomic mass is 10.0. The van der Waals surface area contributed by atoms with Crippen LogP contribution in [0, 0.1) is 6.92 Å². The van der Waals surface area contributed by atoms with Crippen molar-refractivity contribution in [1.29, 1.82) is 0 Å². The van der Waals surface area contributed by atoms with Gasteiger partial charge in [0.25, 0.3) is 5.91 Å². The Kier molecular flexibility index (Phi) is 6.06. The van der Waals surface area contributed by atoms with E-state index in [1.807, 2.05) is 13.0 Å². The van der Waals surface area contributed by atoms with Crippen molar-refractivity contribution in [3.8, 4) is 0 Å². The molecule has 3 N–H and O–H groups in total. The van der Waals surface area contributed by atoms with Crippen LogP contribution in [0.2, 0.25) is 0 Å². The molecule has 3 amide bonds. The summed E-state index contributed by atoms with van der Waals surface area (Å²) >= 11 is 0. The molecule has 0 aromatic carbocycles. The minimum Gasteiger partial charge on any atom is -0.459 e. The van der Waals surface area contributed by atoms with Crippen LogP contribution < -0.4 is 16.0 Å². The van der Waals surface area contributed by atoms with Gasteiger partial charge >= 0.3 is 6.03 Å². The normalized spacial score (nSPS) is 17.0. The Balaban J connectivity index is 1.56. The number of carbonyl (C=O) groups is 2. The number of rotatable bonds is 6. The Labute approximate surface area is 130 Å². The van der Waals surface area contributed by atoms with Gasteiger partial charge in [0.15, 0.2) is 5.76 Å². The van der Waals surface area contributed by atoms with E-state index in [-0.39, 0.29) is 18.0 Å². The van der Waals surface area contributed by atoms with Crippen molar-refractivity contribution < 1.29 is 14.0 Å². The van der Waals surface area contributed by atoms with Gasteiger partial charge < -0.3 is 20.4 Å². The van der Waals surface area contributed by atoms with Crippen LogP contribution in [0.3, 0.4) is 0 Å². The Morgan fingerprint density at radius 1 is 1.32 bits per heavy atom. The quantitative estimate of drug-likeness (QED) is 0.556. The zero-order chi connectivity index (χ0) is 15.8. The SMILES string of the molecule is Cc1ccoc1C(=O)NCCCNC(=O)NC1C=CCCC1. The molecule has 0 saturated carbocycles. The highest BCUT2D eigenvalue weighted by molar-refractivity contribution is 5.92. The average Bonchev–Trinajstić information content (AvgIpc) is 2.94. The van der Waals surface area contributed by atoms with Crippen molar-refractivity contribution in [2.24, 2.45) is 0 Å². The van der Waals surface area contributed by atoms with Gasteiger partial charge in [-0.25, -0.2) is 4.79 Å². The number of aryl methyl sites for hydroxylation is 1.